The molecule has 1 saturated heterocycles. The third-order valence-corrected chi connectivity index (χ3v) is 5.30. The standard InChI is InChI=1S/C21H24O7/c22-10-16-17(23)18(24)19(25)21(28-16)15-9-12-5-4-6-13(20(12)27-15)11-26-14-7-2-1-3-8-14/h1-8,15-19,21-25H,9-11H2/t15?,16-,17-,18+,19-,21+/m1/s1. The van der Waals surface area contributed by atoms with Gasteiger partial charge >= 0.3 is 0 Å². The number of hydrogen-bond donors (Lipinski definition) is 4. The van der Waals surface area contributed by atoms with Crippen LogP contribution in [0.1, 0.15) is 11.1 Å². The van der Waals surface area contributed by atoms with Crippen LogP contribution in [-0.4, -0.2) is 63.7 Å². The second kappa shape index (κ2) is 8.06. The fourth-order valence-corrected chi connectivity index (χ4v) is 3.77. The van der Waals surface area contributed by atoms with Crippen molar-refractivity contribution < 1.29 is 34.6 Å². The van der Waals surface area contributed by atoms with Crippen molar-refractivity contribution in [1.82, 2.24) is 0 Å². The fourth-order valence-electron chi connectivity index (χ4n) is 3.77. The van der Waals surface area contributed by atoms with E-state index >= 15 is 0 Å². The summed E-state index contributed by atoms with van der Waals surface area (Å²) in [7, 11) is 0. The molecule has 2 aliphatic heterocycles. The van der Waals surface area contributed by atoms with Crippen molar-refractivity contribution in [1.29, 1.82) is 0 Å². The Bertz CT molecular complexity index is 795. The number of aliphatic hydroxyl groups is 4. The first kappa shape index (κ1) is 19.2. The predicted octanol–water partition coefficient (Wildman–Crippen LogP) is 0.411. The van der Waals surface area contributed by atoms with Gasteiger partial charge in [0, 0.05) is 12.0 Å². The van der Waals surface area contributed by atoms with Crippen LogP contribution in [0.15, 0.2) is 48.5 Å². The molecule has 2 aromatic rings. The summed E-state index contributed by atoms with van der Waals surface area (Å²) in [5.41, 5.74) is 1.82. The van der Waals surface area contributed by atoms with Crippen molar-refractivity contribution in [2.75, 3.05) is 6.61 Å². The van der Waals surface area contributed by atoms with Crippen LogP contribution < -0.4 is 9.47 Å². The summed E-state index contributed by atoms with van der Waals surface area (Å²) in [6, 6.07) is 15.2. The SMILES string of the molecule is OC[C@H]1O[C@@H](C2Cc3cccc(COc4ccccc4)c3O2)[C@H](O)[C@@H](O)[C@@H]1O. The van der Waals surface area contributed by atoms with E-state index in [2.05, 4.69) is 0 Å². The highest BCUT2D eigenvalue weighted by molar-refractivity contribution is 5.45. The van der Waals surface area contributed by atoms with Crippen molar-refractivity contribution >= 4 is 0 Å². The number of benzene rings is 2. The molecular formula is C21H24O7. The van der Waals surface area contributed by atoms with Gasteiger partial charge in [0.1, 0.15) is 54.7 Å². The van der Waals surface area contributed by atoms with Gasteiger partial charge < -0.3 is 34.6 Å². The van der Waals surface area contributed by atoms with Gasteiger partial charge in [-0.3, -0.25) is 0 Å². The Labute approximate surface area is 162 Å². The molecule has 0 saturated carbocycles. The Hall–Kier alpha value is -2.16. The smallest absolute Gasteiger partial charge is 0.132 e. The molecular weight excluding hydrogens is 364 g/mol. The van der Waals surface area contributed by atoms with Crippen LogP contribution in [-0.2, 0) is 17.8 Å². The van der Waals surface area contributed by atoms with E-state index in [4.69, 9.17) is 14.2 Å². The molecule has 4 rings (SSSR count). The highest BCUT2D eigenvalue weighted by Gasteiger charge is 2.48. The third-order valence-electron chi connectivity index (χ3n) is 5.30. The normalized spacial score (nSPS) is 31.9. The first-order chi connectivity index (χ1) is 13.6. The molecule has 7 heteroatoms. The maximum atomic E-state index is 10.4. The molecule has 2 aliphatic rings. The van der Waals surface area contributed by atoms with Gasteiger partial charge in [0.05, 0.1) is 6.61 Å². The molecule has 0 spiro atoms. The predicted molar refractivity (Wildman–Crippen MR) is 99.1 cm³/mol. The molecule has 28 heavy (non-hydrogen) atoms. The zero-order valence-electron chi connectivity index (χ0n) is 15.2. The molecule has 7 nitrogen and oxygen atoms in total. The molecule has 2 heterocycles. The van der Waals surface area contributed by atoms with Crippen LogP contribution in [0, 0.1) is 0 Å². The maximum Gasteiger partial charge on any atom is 0.132 e. The molecule has 1 unspecified atom stereocenters. The van der Waals surface area contributed by atoms with Crippen LogP contribution in [0.2, 0.25) is 0 Å². The fraction of sp³-hybridized carbons (Fsp3) is 0.429. The van der Waals surface area contributed by atoms with E-state index in [1.807, 2.05) is 48.5 Å². The van der Waals surface area contributed by atoms with Crippen LogP contribution in [0.5, 0.6) is 11.5 Å². The van der Waals surface area contributed by atoms with Gasteiger partial charge in [-0.25, -0.2) is 0 Å². The molecule has 150 valence electrons. The Balaban J connectivity index is 1.49. The topological polar surface area (TPSA) is 109 Å². The zero-order chi connectivity index (χ0) is 19.7. The molecule has 0 amide bonds. The van der Waals surface area contributed by atoms with Gasteiger partial charge in [-0.05, 0) is 17.7 Å². The summed E-state index contributed by atoms with van der Waals surface area (Å²) in [4.78, 5) is 0. The summed E-state index contributed by atoms with van der Waals surface area (Å²) in [6.07, 6.45) is -5.99. The number of fused-ring (bicyclic) bond motifs is 1. The number of ether oxygens (including phenoxy) is 3. The van der Waals surface area contributed by atoms with Gasteiger partial charge in [0.2, 0.25) is 0 Å². The van der Waals surface area contributed by atoms with Crippen LogP contribution >= 0.6 is 0 Å². The lowest BCUT2D eigenvalue weighted by Gasteiger charge is -2.41. The van der Waals surface area contributed by atoms with E-state index in [1.54, 1.807) is 0 Å². The monoisotopic (exact) mass is 388 g/mol. The van der Waals surface area contributed by atoms with Gasteiger partial charge in [-0.2, -0.15) is 0 Å². The minimum Gasteiger partial charge on any atom is -0.489 e. The number of para-hydroxylation sites is 2. The van der Waals surface area contributed by atoms with Crippen LogP contribution in [0.4, 0.5) is 0 Å². The van der Waals surface area contributed by atoms with Crippen molar-refractivity contribution in [3.8, 4) is 11.5 Å². The summed E-state index contributed by atoms with van der Waals surface area (Å²) < 4.78 is 17.5. The maximum absolute atomic E-state index is 10.4. The molecule has 4 N–H and O–H groups in total. The summed E-state index contributed by atoms with van der Waals surface area (Å²) in [5, 5.41) is 39.8. The lowest BCUT2D eigenvalue weighted by molar-refractivity contribution is -0.244. The Kier molecular flexibility index (Phi) is 5.52. The third kappa shape index (κ3) is 3.59. The zero-order valence-corrected chi connectivity index (χ0v) is 15.2. The second-order valence-corrected chi connectivity index (χ2v) is 7.16. The molecule has 6 atom stereocenters. The van der Waals surface area contributed by atoms with Crippen molar-refractivity contribution in [3.63, 3.8) is 0 Å². The van der Waals surface area contributed by atoms with E-state index in [9.17, 15) is 20.4 Å². The summed E-state index contributed by atoms with van der Waals surface area (Å²) in [5.74, 6) is 1.43. The largest absolute Gasteiger partial charge is 0.489 e. The van der Waals surface area contributed by atoms with Gasteiger partial charge in [-0.1, -0.05) is 36.4 Å². The Morgan fingerprint density at radius 1 is 0.929 bits per heavy atom. The van der Waals surface area contributed by atoms with Crippen LogP contribution in [0.25, 0.3) is 0 Å². The van der Waals surface area contributed by atoms with E-state index in [1.165, 1.54) is 0 Å². The quantitative estimate of drug-likeness (QED) is 0.588. The van der Waals surface area contributed by atoms with Crippen molar-refractivity contribution in [3.05, 3.63) is 59.7 Å². The lowest BCUT2D eigenvalue weighted by Crippen LogP contribution is -2.62. The highest BCUT2D eigenvalue weighted by atomic mass is 16.6. The molecule has 0 aromatic heterocycles. The minimum absolute atomic E-state index is 0.328. The lowest BCUT2D eigenvalue weighted by atomic mass is 9.91. The van der Waals surface area contributed by atoms with E-state index in [0.29, 0.717) is 18.8 Å². The molecule has 0 aliphatic carbocycles. The second-order valence-electron chi connectivity index (χ2n) is 7.16. The Morgan fingerprint density at radius 3 is 2.46 bits per heavy atom. The molecule has 1 fully saturated rings. The van der Waals surface area contributed by atoms with E-state index < -0.39 is 43.2 Å². The highest BCUT2D eigenvalue weighted by Crippen LogP contribution is 2.37. The number of aliphatic hydroxyl groups excluding tert-OH is 4. The van der Waals surface area contributed by atoms with Crippen molar-refractivity contribution in [2.24, 2.45) is 0 Å². The Morgan fingerprint density at radius 2 is 1.71 bits per heavy atom. The first-order valence-corrected chi connectivity index (χ1v) is 9.34. The first-order valence-electron chi connectivity index (χ1n) is 9.34. The average molecular weight is 388 g/mol. The molecule has 2 aromatic carbocycles. The van der Waals surface area contributed by atoms with Gasteiger partial charge in [-0.15, -0.1) is 0 Å². The summed E-state index contributed by atoms with van der Waals surface area (Å²) >= 11 is 0. The number of rotatable bonds is 5. The summed E-state index contributed by atoms with van der Waals surface area (Å²) in [6.45, 7) is -0.133. The van der Waals surface area contributed by atoms with Gasteiger partial charge in [0.25, 0.3) is 0 Å². The van der Waals surface area contributed by atoms with E-state index in [0.717, 1.165) is 16.9 Å². The van der Waals surface area contributed by atoms with Crippen molar-refractivity contribution in [2.45, 2.75) is 49.7 Å². The van der Waals surface area contributed by atoms with Gasteiger partial charge in [0.15, 0.2) is 0 Å². The van der Waals surface area contributed by atoms with E-state index in [-0.39, 0.29) is 0 Å². The number of hydrogen-bond acceptors (Lipinski definition) is 7. The minimum atomic E-state index is -1.41. The molecule has 0 radical (unpaired) electrons. The average Bonchev–Trinajstić information content (AvgIpc) is 3.16. The van der Waals surface area contributed by atoms with Crippen LogP contribution in [0.3, 0.4) is 0 Å². The molecule has 0 bridgehead atoms.